The number of benzene rings is 3. The topological polar surface area (TPSA) is 84.9 Å². The summed E-state index contributed by atoms with van der Waals surface area (Å²) in [7, 11) is 0. The van der Waals surface area contributed by atoms with Gasteiger partial charge in [0, 0.05) is 11.5 Å². The maximum Gasteiger partial charge on any atom is 0.407 e. The van der Waals surface area contributed by atoms with Gasteiger partial charge in [-0.2, -0.15) is 0 Å². The number of carboxylic acid groups (broad SMARTS) is 1. The first kappa shape index (κ1) is 19.2. The van der Waals surface area contributed by atoms with Crippen LogP contribution in [0.3, 0.4) is 0 Å². The molecule has 156 valence electrons. The number of carbonyl (C=O) groups is 2. The zero-order chi connectivity index (χ0) is 21.4. The van der Waals surface area contributed by atoms with Crippen LogP contribution in [0.5, 0.6) is 5.75 Å². The molecule has 2 aliphatic rings. The molecule has 5 rings (SSSR count). The summed E-state index contributed by atoms with van der Waals surface area (Å²) in [6.45, 7) is 0.156. The average Bonchev–Trinajstić information content (AvgIpc) is 3.11. The van der Waals surface area contributed by atoms with Crippen LogP contribution < -0.4 is 10.1 Å². The van der Waals surface area contributed by atoms with Crippen molar-refractivity contribution in [2.24, 2.45) is 5.92 Å². The molecule has 3 aromatic rings. The van der Waals surface area contributed by atoms with E-state index in [1.54, 1.807) is 18.2 Å². The van der Waals surface area contributed by atoms with Gasteiger partial charge in [-0.3, -0.25) is 4.79 Å². The van der Waals surface area contributed by atoms with Gasteiger partial charge in [0.15, 0.2) is 0 Å². The van der Waals surface area contributed by atoms with Crippen LogP contribution in [-0.2, 0) is 9.53 Å². The van der Waals surface area contributed by atoms with E-state index in [9.17, 15) is 14.7 Å². The van der Waals surface area contributed by atoms with Crippen molar-refractivity contribution in [2.45, 2.75) is 12.0 Å². The zero-order valence-corrected chi connectivity index (χ0v) is 16.7. The highest BCUT2D eigenvalue weighted by molar-refractivity contribution is 5.79. The minimum atomic E-state index is -1.03. The van der Waals surface area contributed by atoms with Crippen molar-refractivity contribution in [1.82, 2.24) is 5.32 Å². The second kappa shape index (κ2) is 7.80. The minimum Gasteiger partial charge on any atom is -0.492 e. The first-order valence-corrected chi connectivity index (χ1v) is 10.2. The van der Waals surface area contributed by atoms with Crippen molar-refractivity contribution in [3.63, 3.8) is 0 Å². The van der Waals surface area contributed by atoms with E-state index in [0.29, 0.717) is 11.3 Å². The average molecular weight is 415 g/mol. The number of nitrogens with one attached hydrogen (secondary N) is 1. The normalized spacial score (nSPS) is 18.8. The lowest BCUT2D eigenvalue weighted by Crippen LogP contribution is -2.42. The molecule has 1 heterocycles. The van der Waals surface area contributed by atoms with Gasteiger partial charge in [0.05, 0.1) is 6.04 Å². The lowest BCUT2D eigenvalue weighted by atomic mass is 9.91. The number of para-hydroxylation sites is 1. The number of hydrogen-bond acceptors (Lipinski definition) is 4. The maximum atomic E-state index is 12.7. The summed E-state index contributed by atoms with van der Waals surface area (Å²) in [6, 6.07) is 22.6. The Balaban J connectivity index is 1.34. The molecule has 0 bridgehead atoms. The first-order chi connectivity index (χ1) is 15.1. The van der Waals surface area contributed by atoms with Crippen LogP contribution in [-0.4, -0.2) is 30.4 Å². The molecule has 1 amide bonds. The molecule has 1 aliphatic heterocycles. The quantitative estimate of drug-likeness (QED) is 0.661. The van der Waals surface area contributed by atoms with Crippen molar-refractivity contribution >= 4 is 12.1 Å². The molecule has 6 heteroatoms. The van der Waals surface area contributed by atoms with Gasteiger partial charge in [-0.1, -0.05) is 66.7 Å². The number of fused-ring (bicyclic) bond motifs is 4. The van der Waals surface area contributed by atoms with Crippen LogP contribution in [0.2, 0.25) is 0 Å². The third-order valence-electron chi connectivity index (χ3n) is 6.01. The Morgan fingerprint density at radius 1 is 0.903 bits per heavy atom. The molecular weight excluding hydrogens is 394 g/mol. The van der Waals surface area contributed by atoms with E-state index in [-0.39, 0.29) is 19.1 Å². The number of carbonyl (C=O) groups excluding carboxylic acids is 1. The Morgan fingerprint density at radius 2 is 1.48 bits per heavy atom. The Morgan fingerprint density at radius 3 is 2.13 bits per heavy atom. The van der Waals surface area contributed by atoms with E-state index >= 15 is 0 Å². The van der Waals surface area contributed by atoms with Crippen LogP contribution in [0.25, 0.3) is 11.1 Å². The predicted molar refractivity (Wildman–Crippen MR) is 114 cm³/mol. The summed E-state index contributed by atoms with van der Waals surface area (Å²) in [5, 5.41) is 12.4. The van der Waals surface area contributed by atoms with Crippen LogP contribution >= 0.6 is 0 Å². The molecule has 0 saturated carbocycles. The summed E-state index contributed by atoms with van der Waals surface area (Å²) in [6.07, 6.45) is -0.644. The molecule has 1 aliphatic carbocycles. The zero-order valence-electron chi connectivity index (χ0n) is 16.7. The second-order valence-corrected chi connectivity index (χ2v) is 7.74. The van der Waals surface area contributed by atoms with Gasteiger partial charge in [-0.15, -0.1) is 0 Å². The van der Waals surface area contributed by atoms with Crippen LogP contribution in [0.1, 0.15) is 28.7 Å². The molecule has 0 saturated heterocycles. The summed E-state index contributed by atoms with van der Waals surface area (Å²) >= 11 is 0. The van der Waals surface area contributed by atoms with Gasteiger partial charge >= 0.3 is 12.1 Å². The monoisotopic (exact) mass is 415 g/mol. The van der Waals surface area contributed by atoms with E-state index < -0.39 is 24.0 Å². The summed E-state index contributed by atoms with van der Waals surface area (Å²) in [5.41, 5.74) is 5.18. The highest BCUT2D eigenvalue weighted by atomic mass is 16.5. The second-order valence-electron chi connectivity index (χ2n) is 7.74. The van der Waals surface area contributed by atoms with Crippen LogP contribution in [0, 0.1) is 5.92 Å². The van der Waals surface area contributed by atoms with E-state index in [0.717, 1.165) is 22.3 Å². The number of ether oxygens (including phenoxy) is 2. The summed E-state index contributed by atoms with van der Waals surface area (Å²) < 4.78 is 11.2. The first-order valence-electron chi connectivity index (χ1n) is 10.2. The van der Waals surface area contributed by atoms with Crippen molar-refractivity contribution in [2.75, 3.05) is 13.2 Å². The van der Waals surface area contributed by atoms with E-state index in [1.165, 1.54) is 0 Å². The lowest BCUT2D eigenvalue weighted by Gasteiger charge is -2.31. The van der Waals surface area contributed by atoms with Gasteiger partial charge in [0.2, 0.25) is 0 Å². The Labute approximate surface area is 179 Å². The van der Waals surface area contributed by atoms with Gasteiger partial charge in [0.25, 0.3) is 0 Å². The highest BCUT2D eigenvalue weighted by Gasteiger charge is 2.37. The third-order valence-corrected chi connectivity index (χ3v) is 6.01. The number of alkyl carbamates (subject to hydrolysis) is 1. The van der Waals surface area contributed by atoms with Crippen molar-refractivity contribution in [3.8, 4) is 16.9 Å². The Bertz CT molecular complexity index is 1110. The van der Waals surface area contributed by atoms with E-state index in [4.69, 9.17) is 9.47 Å². The highest BCUT2D eigenvalue weighted by Crippen LogP contribution is 2.44. The predicted octanol–water partition coefficient (Wildman–Crippen LogP) is 4.36. The third kappa shape index (κ3) is 3.40. The number of carboxylic acids is 1. The molecule has 2 N–H and O–H groups in total. The lowest BCUT2D eigenvalue weighted by molar-refractivity contribution is -0.144. The summed E-state index contributed by atoms with van der Waals surface area (Å²) in [5.74, 6) is -1.41. The fraction of sp³-hybridized carbons (Fsp3) is 0.200. The number of hydrogen-bond donors (Lipinski definition) is 2. The molecule has 0 aromatic heterocycles. The number of amides is 1. The largest absolute Gasteiger partial charge is 0.492 e. The van der Waals surface area contributed by atoms with Gasteiger partial charge in [0.1, 0.15) is 24.9 Å². The molecule has 0 unspecified atom stereocenters. The van der Waals surface area contributed by atoms with Gasteiger partial charge in [-0.05, 0) is 28.3 Å². The van der Waals surface area contributed by atoms with Crippen molar-refractivity contribution in [3.05, 3.63) is 89.5 Å². The molecule has 0 spiro atoms. The summed E-state index contributed by atoms with van der Waals surface area (Å²) in [4.78, 5) is 24.4. The van der Waals surface area contributed by atoms with Gasteiger partial charge < -0.3 is 19.9 Å². The molecule has 3 aromatic carbocycles. The number of aliphatic carboxylic acids is 1. The molecule has 0 fully saturated rings. The van der Waals surface area contributed by atoms with E-state index in [1.807, 2.05) is 30.3 Å². The van der Waals surface area contributed by atoms with Gasteiger partial charge in [-0.25, -0.2) is 4.79 Å². The fourth-order valence-corrected chi connectivity index (χ4v) is 4.52. The fourth-order valence-electron chi connectivity index (χ4n) is 4.52. The number of rotatable bonds is 4. The molecule has 31 heavy (non-hydrogen) atoms. The van der Waals surface area contributed by atoms with Crippen molar-refractivity contribution in [1.29, 1.82) is 0 Å². The molecule has 0 radical (unpaired) electrons. The molecular formula is C25H21NO5. The minimum absolute atomic E-state index is 0.0132. The SMILES string of the molecule is O=C(N[C@@H]1c2ccccc2OC[C@@H]1C(=O)O)OCC1c2ccccc2-c2ccccc21. The molecule has 6 nitrogen and oxygen atoms in total. The van der Waals surface area contributed by atoms with Crippen LogP contribution in [0.4, 0.5) is 4.79 Å². The standard InChI is InChI=1S/C25H21NO5/c27-24(28)21-14-30-22-12-6-5-11-19(22)23(21)26-25(29)31-13-20-17-9-3-1-7-15(17)16-8-2-4-10-18(16)20/h1-12,20-21,23H,13-14H2,(H,26,29)(H,27,28)/t21-,23+/m0/s1. The Kier molecular flexibility index (Phi) is 4.82. The smallest absolute Gasteiger partial charge is 0.407 e. The maximum absolute atomic E-state index is 12.7. The van der Waals surface area contributed by atoms with E-state index in [2.05, 4.69) is 29.6 Å². The van der Waals surface area contributed by atoms with Crippen molar-refractivity contribution < 1.29 is 24.2 Å². The molecule has 2 atom stereocenters. The van der Waals surface area contributed by atoms with Crippen LogP contribution in [0.15, 0.2) is 72.8 Å². The Hall–Kier alpha value is -3.80.